The standard InChI is InChI=1S/C17H25NO4/c1-4-14(18-10-8-12(9-11-18)17(19)20)13-6-5-7-15(21-2)16(13)22-3/h5-7,12,14H,4,8-11H2,1-3H3,(H,19,20). The van der Waals surface area contributed by atoms with E-state index in [0.29, 0.717) is 12.8 Å². The Labute approximate surface area is 131 Å². The van der Waals surface area contributed by atoms with Crippen molar-refractivity contribution in [3.8, 4) is 11.5 Å². The molecule has 2 rings (SSSR count). The molecule has 1 fully saturated rings. The van der Waals surface area contributed by atoms with Crippen LogP contribution in [0.5, 0.6) is 11.5 Å². The predicted octanol–water partition coefficient (Wildman–Crippen LogP) is 2.95. The van der Waals surface area contributed by atoms with Crippen LogP contribution in [-0.4, -0.2) is 43.3 Å². The maximum atomic E-state index is 11.1. The molecule has 1 heterocycles. The van der Waals surface area contributed by atoms with Gasteiger partial charge in [-0.05, 0) is 38.4 Å². The molecule has 0 aliphatic carbocycles. The second-order valence-electron chi connectivity index (χ2n) is 5.66. The molecule has 1 atom stereocenters. The Morgan fingerprint density at radius 2 is 2.00 bits per heavy atom. The van der Waals surface area contributed by atoms with Crippen LogP contribution in [0.4, 0.5) is 0 Å². The number of hydrogen-bond acceptors (Lipinski definition) is 4. The number of hydrogen-bond donors (Lipinski definition) is 1. The lowest BCUT2D eigenvalue weighted by molar-refractivity contribution is -0.143. The van der Waals surface area contributed by atoms with Crippen LogP contribution in [0, 0.1) is 5.92 Å². The highest BCUT2D eigenvalue weighted by Crippen LogP contribution is 2.39. The number of nitrogens with zero attached hydrogens (tertiary/aromatic N) is 1. The van der Waals surface area contributed by atoms with Crippen LogP contribution in [0.3, 0.4) is 0 Å². The topological polar surface area (TPSA) is 59.0 Å². The molecule has 0 spiro atoms. The molecule has 0 bridgehead atoms. The summed E-state index contributed by atoms with van der Waals surface area (Å²) in [6.07, 6.45) is 2.36. The zero-order valence-electron chi connectivity index (χ0n) is 13.5. The molecule has 5 nitrogen and oxygen atoms in total. The highest BCUT2D eigenvalue weighted by Gasteiger charge is 2.30. The SMILES string of the molecule is CCC(c1cccc(OC)c1OC)N1CCC(C(=O)O)CC1. The quantitative estimate of drug-likeness (QED) is 0.875. The summed E-state index contributed by atoms with van der Waals surface area (Å²) in [4.78, 5) is 13.5. The van der Waals surface area contributed by atoms with Gasteiger partial charge in [-0.25, -0.2) is 0 Å². The summed E-state index contributed by atoms with van der Waals surface area (Å²) < 4.78 is 10.9. The number of carboxylic acids is 1. The van der Waals surface area contributed by atoms with Crippen molar-refractivity contribution in [3.63, 3.8) is 0 Å². The maximum Gasteiger partial charge on any atom is 0.306 e. The molecule has 122 valence electrons. The number of para-hydroxylation sites is 1. The Hall–Kier alpha value is -1.75. The van der Waals surface area contributed by atoms with Crippen molar-refractivity contribution >= 4 is 5.97 Å². The molecule has 1 aliphatic heterocycles. The van der Waals surface area contributed by atoms with E-state index in [1.807, 2.05) is 12.1 Å². The summed E-state index contributed by atoms with van der Waals surface area (Å²) in [6.45, 7) is 3.75. The number of methoxy groups -OCH3 is 2. The van der Waals surface area contributed by atoms with Crippen molar-refractivity contribution in [1.29, 1.82) is 0 Å². The van der Waals surface area contributed by atoms with Crippen LogP contribution >= 0.6 is 0 Å². The van der Waals surface area contributed by atoms with Crippen molar-refractivity contribution in [1.82, 2.24) is 4.90 Å². The van der Waals surface area contributed by atoms with Crippen molar-refractivity contribution in [2.24, 2.45) is 5.92 Å². The Balaban J connectivity index is 2.21. The number of benzene rings is 1. The molecular formula is C17H25NO4. The third-order valence-corrected chi connectivity index (χ3v) is 4.50. The first-order chi connectivity index (χ1) is 10.6. The molecule has 1 aliphatic rings. The van der Waals surface area contributed by atoms with Gasteiger partial charge in [0.15, 0.2) is 11.5 Å². The Kier molecular flexibility index (Phi) is 5.66. The van der Waals surface area contributed by atoms with Crippen LogP contribution in [0.1, 0.15) is 37.8 Å². The van der Waals surface area contributed by atoms with E-state index in [4.69, 9.17) is 14.6 Å². The van der Waals surface area contributed by atoms with Crippen LogP contribution in [0.15, 0.2) is 18.2 Å². The first-order valence-corrected chi connectivity index (χ1v) is 7.80. The first-order valence-electron chi connectivity index (χ1n) is 7.80. The van der Waals surface area contributed by atoms with Gasteiger partial charge < -0.3 is 14.6 Å². The van der Waals surface area contributed by atoms with E-state index in [2.05, 4.69) is 17.9 Å². The number of aliphatic carboxylic acids is 1. The van der Waals surface area contributed by atoms with E-state index in [9.17, 15) is 4.79 Å². The lowest BCUT2D eigenvalue weighted by Crippen LogP contribution is -2.38. The second kappa shape index (κ2) is 7.49. The third kappa shape index (κ3) is 3.35. The zero-order valence-corrected chi connectivity index (χ0v) is 13.5. The highest BCUT2D eigenvalue weighted by molar-refractivity contribution is 5.70. The predicted molar refractivity (Wildman–Crippen MR) is 84.5 cm³/mol. The van der Waals surface area contributed by atoms with E-state index < -0.39 is 5.97 Å². The molecule has 1 aromatic rings. The summed E-state index contributed by atoms with van der Waals surface area (Å²) in [5.74, 6) is 0.628. The molecule has 1 N–H and O–H groups in total. The van der Waals surface area contributed by atoms with Crippen LogP contribution < -0.4 is 9.47 Å². The summed E-state index contributed by atoms with van der Waals surface area (Å²) in [5, 5.41) is 9.13. The lowest BCUT2D eigenvalue weighted by Gasteiger charge is -2.37. The van der Waals surface area contributed by atoms with Gasteiger partial charge in [-0.3, -0.25) is 9.69 Å². The van der Waals surface area contributed by atoms with E-state index in [-0.39, 0.29) is 12.0 Å². The second-order valence-corrected chi connectivity index (χ2v) is 5.66. The molecule has 0 saturated carbocycles. The number of rotatable bonds is 6. The molecule has 1 saturated heterocycles. The van der Waals surface area contributed by atoms with Crippen molar-refractivity contribution in [2.75, 3.05) is 27.3 Å². The molecule has 0 radical (unpaired) electrons. The van der Waals surface area contributed by atoms with Gasteiger partial charge in [0.05, 0.1) is 20.1 Å². The average molecular weight is 307 g/mol. The summed E-state index contributed by atoms with van der Waals surface area (Å²) >= 11 is 0. The molecule has 0 aromatic heterocycles. The minimum atomic E-state index is -0.674. The lowest BCUT2D eigenvalue weighted by atomic mass is 9.93. The van der Waals surface area contributed by atoms with Gasteiger partial charge in [-0.1, -0.05) is 19.1 Å². The fourth-order valence-corrected chi connectivity index (χ4v) is 3.31. The summed E-state index contributed by atoms with van der Waals surface area (Å²) in [6, 6.07) is 6.16. The molecule has 1 aromatic carbocycles. The van der Waals surface area contributed by atoms with Gasteiger partial charge in [-0.2, -0.15) is 0 Å². The van der Waals surface area contributed by atoms with Crippen LogP contribution in [-0.2, 0) is 4.79 Å². The Morgan fingerprint density at radius 1 is 1.32 bits per heavy atom. The van der Waals surface area contributed by atoms with Crippen molar-refractivity contribution in [2.45, 2.75) is 32.2 Å². The van der Waals surface area contributed by atoms with Crippen LogP contribution in [0.25, 0.3) is 0 Å². The number of carboxylic acid groups (broad SMARTS) is 1. The van der Waals surface area contributed by atoms with E-state index in [1.165, 1.54) is 0 Å². The molecular weight excluding hydrogens is 282 g/mol. The summed E-state index contributed by atoms with van der Waals surface area (Å²) in [5.41, 5.74) is 1.11. The third-order valence-electron chi connectivity index (χ3n) is 4.50. The Bertz CT molecular complexity index is 509. The number of carbonyl (C=O) groups is 1. The Morgan fingerprint density at radius 3 is 2.50 bits per heavy atom. The summed E-state index contributed by atoms with van der Waals surface area (Å²) in [7, 11) is 3.30. The number of piperidine rings is 1. The van der Waals surface area contributed by atoms with Gasteiger partial charge in [0.25, 0.3) is 0 Å². The maximum absolute atomic E-state index is 11.1. The minimum absolute atomic E-state index is 0.207. The first kappa shape index (κ1) is 16.6. The normalized spacial score (nSPS) is 18.0. The van der Waals surface area contributed by atoms with Crippen molar-refractivity contribution in [3.05, 3.63) is 23.8 Å². The van der Waals surface area contributed by atoms with Gasteiger partial charge in [0, 0.05) is 11.6 Å². The fourth-order valence-electron chi connectivity index (χ4n) is 3.31. The minimum Gasteiger partial charge on any atom is -0.493 e. The largest absolute Gasteiger partial charge is 0.493 e. The fraction of sp³-hybridized carbons (Fsp3) is 0.588. The number of likely N-dealkylation sites (tertiary alicyclic amines) is 1. The highest BCUT2D eigenvalue weighted by atomic mass is 16.5. The van der Waals surface area contributed by atoms with Gasteiger partial charge in [0.2, 0.25) is 0 Å². The zero-order chi connectivity index (χ0) is 16.1. The van der Waals surface area contributed by atoms with Gasteiger partial charge in [-0.15, -0.1) is 0 Å². The van der Waals surface area contributed by atoms with Gasteiger partial charge >= 0.3 is 5.97 Å². The monoisotopic (exact) mass is 307 g/mol. The average Bonchev–Trinajstić information content (AvgIpc) is 2.55. The molecule has 0 amide bonds. The molecule has 22 heavy (non-hydrogen) atoms. The van der Waals surface area contributed by atoms with Crippen molar-refractivity contribution < 1.29 is 19.4 Å². The van der Waals surface area contributed by atoms with E-state index >= 15 is 0 Å². The molecule has 5 heteroatoms. The smallest absolute Gasteiger partial charge is 0.306 e. The van der Waals surface area contributed by atoms with Crippen LogP contribution in [0.2, 0.25) is 0 Å². The van der Waals surface area contributed by atoms with E-state index in [0.717, 1.165) is 36.6 Å². The van der Waals surface area contributed by atoms with E-state index in [1.54, 1.807) is 14.2 Å². The van der Waals surface area contributed by atoms with Gasteiger partial charge in [0.1, 0.15) is 0 Å². The number of ether oxygens (including phenoxy) is 2. The molecule has 1 unspecified atom stereocenters.